The van der Waals surface area contributed by atoms with Gasteiger partial charge in [-0.25, -0.2) is 4.98 Å². The third-order valence-electron chi connectivity index (χ3n) is 1.76. The summed E-state index contributed by atoms with van der Waals surface area (Å²) >= 11 is 1.72. The molecule has 1 aromatic rings. The Labute approximate surface area is 84.3 Å². The Kier molecular flexibility index (Phi) is 2.89. The minimum Gasteiger partial charge on any atom is -0.231 e. The van der Waals surface area contributed by atoms with Gasteiger partial charge in [-0.15, -0.1) is 11.3 Å². The zero-order valence-corrected chi connectivity index (χ0v) is 10.3. The molecule has 0 atom stereocenters. The van der Waals surface area contributed by atoms with Crippen LogP contribution >= 0.6 is 11.3 Å². The fraction of sp³-hybridized carbons (Fsp3) is 0.556. The predicted octanol–water partition coefficient (Wildman–Crippen LogP) is 2.12. The number of aromatic nitrogens is 1. The highest BCUT2D eigenvalue weighted by atomic mass is 32.1. The molecule has 0 aliphatic heterocycles. The first-order chi connectivity index (χ1) is 5.99. The van der Waals surface area contributed by atoms with Gasteiger partial charge in [-0.3, -0.25) is 0 Å². The molecule has 0 bridgehead atoms. The second-order valence-electron chi connectivity index (χ2n) is 4.00. The Morgan fingerprint density at radius 2 is 2.08 bits per heavy atom. The molecule has 0 saturated heterocycles. The van der Waals surface area contributed by atoms with E-state index in [9.17, 15) is 0 Å². The third-order valence-corrected chi connectivity index (χ3v) is 6.52. The van der Waals surface area contributed by atoms with Gasteiger partial charge in [0.2, 0.25) is 0 Å². The zero-order valence-electron chi connectivity index (χ0n) is 8.51. The van der Waals surface area contributed by atoms with Crippen LogP contribution in [0.15, 0.2) is 0 Å². The fourth-order valence-electron chi connectivity index (χ4n) is 1.10. The van der Waals surface area contributed by atoms with E-state index in [0.29, 0.717) is 5.69 Å². The number of hydrogen-bond donors (Lipinski definition) is 0. The molecule has 4 heteroatoms. The molecular weight excluding hydrogens is 196 g/mol. The van der Waals surface area contributed by atoms with Crippen molar-refractivity contribution in [3.63, 3.8) is 0 Å². The van der Waals surface area contributed by atoms with Gasteiger partial charge in [-0.05, 0) is 6.42 Å². The Morgan fingerprint density at radius 1 is 1.46 bits per heavy atom. The third kappa shape index (κ3) is 2.17. The molecule has 0 unspecified atom stereocenters. The molecule has 0 fully saturated rings. The van der Waals surface area contributed by atoms with Crippen molar-refractivity contribution in [2.75, 3.05) is 0 Å². The van der Waals surface area contributed by atoms with Crippen LogP contribution in [0.25, 0.3) is 0 Å². The van der Waals surface area contributed by atoms with Crippen molar-refractivity contribution >= 4 is 23.9 Å². The first-order valence-electron chi connectivity index (χ1n) is 4.39. The normalized spacial score (nSPS) is 11.3. The Balaban J connectivity index is 3.21. The number of nitrogens with zero attached hydrogens (tertiary/aromatic N) is 2. The standard InChI is InChI=1S/C9H14N2SSi/c1-5-8-11-7(6-10)9(12-8)13(2,3)4/h5H2,1-4H3. The van der Waals surface area contributed by atoms with Crippen molar-refractivity contribution in [1.82, 2.24) is 4.98 Å². The molecule has 0 spiro atoms. The summed E-state index contributed by atoms with van der Waals surface area (Å²) in [4.78, 5) is 4.31. The number of hydrogen-bond acceptors (Lipinski definition) is 3. The molecule has 0 amide bonds. The average molecular weight is 210 g/mol. The van der Waals surface area contributed by atoms with Crippen LogP contribution in [0.3, 0.4) is 0 Å². The minimum absolute atomic E-state index is 0.668. The molecule has 2 nitrogen and oxygen atoms in total. The summed E-state index contributed by atoms with van der Waals surface area (Å²) < 4.78 is 1.24. The van der Waals surface area contributed by atoms with Gasteiger partial charge in [0.05, 0.1) is 13.1 Å². The van der Waals surface area contributed by atoms with E-state index in [1.165, 1.54) is 4.50 Å². The van der Waals surface area contributed by atoms with Gasteiger partial charge in [0.1, 0.15) is 6.07 Å². The highest BCUT2D eigenvalue weighted by molar-refractivity contribution is 7.26. The van der Waals surface area contributed by atoms with E-state index in [1.54, 1.807) is 11.3 Å². The first-order valence-corrected chi connectivity index (χ1v) is 8.71. The van der Waals surface area contributed by atoms with E-state index < -0.39 is 8.07 Å². The average Bonchev–Trinajstić information content (AvgIpc) is 2.46. The van der Waals surface area contributed by atoms with Crippen LogP contribution in [-0.4, -0.2) is 13.1 Å². The molecule has 0 radical (unpaired) electrons. The zero-order chi connectivity index (χ0) is 10.1. The van der Waals surface area contributed by atoms with Crippen LogP contribution in [0.4, 0.5) is 0 Å². The molecular formula is C9H14N2SSi. The van der Waals surface area contributed by atoms with E-state index in [0.717, 1.165) is 11.4 Å². The predicted molar refractivity (Wildman–Crippen MR) is 59.2 cm³/mol. The van der Waals surface area contributed by atoms with Gasteiger partial charge in [0.25, 0.3) is 0 Å². The minimum atomic E-state index is -1.36. The van der Waals surface area contributed by atoms with Gasteiger partial charge in [-0.1, -0.05) is 26.6 Å². The summed E-state index contributed by atoms with van der Waals surface area (Å²) in [6, 6.07) is 2.19. The van der Waals surface area contributed by atoms with E-state index in [1.807, 2.05) is 0 Å². The lowest BCUT2D eigenvalue weighted by Crippen LogP contribution is -2.37. The largest absolute Gasteiger partial charge is 0.231 e. The lowest BCUT2D eigenvalue weighted by atomic mass is 10.5. The highest BCUT2D eigenvalue weighted by Gasteiger charge is 2.24. The fourth-order valence-corrected chi connectivity index (χ4v) is 4.20. The van der Waals surface area contributed by atoms with Crippen LogP contribution in [0, 0.1) is 11.3 Å². The van der Waals surface area contributed by atoms with Crippen molar-refractivity contribution in [3.05, 3.63) is 10.7 Å². The summed E-state index contributed by atoms with van der Waals surface area (Å²) in [6.45, 7) is 8.83. The van der Waals surface area contributed by atoms with Crippen LogP contribution < -0.4 is 4.50 Å². The van der Waals surface area contributed by atoms with Gasteiger partial charge < -0.3 is 0 Å². The summed E-state index contributed by atoms with van der Waals surface area (Å²) in [5.41, 5.74) is 0.668. The molecule has 0 N–H and O–H groups in total. The Hall–Kier alpha value is -0.663. The molecule has 0 saturated carbocycles. The van der Waals surface area contributed by atoms with Gasteiger partial charge in [-0.2, -0.15) is 5.26 Å². The molecule has 70 valence electrons. The molecule has 0 aliphatic carbocycles. The second kappa shape index (κ2) is 3.60. The number of rotatable bonds is 2. The molecule has 0 aromatic carbocycles. The quantitative estimate of drug-likeness (QED) is 0.701. The lowest BCUT2D eigenvalue weighted by Gasteiger charge is -2.12. The van der Waals surface area contributed by atoms with E-state index in [4.69, 9.17) is 5.26 Å². The van der Waals surface area contributed by atoms with Crippen LogP contribution in [0.2, 0.25) is 19.6 Å². The topological polar surface area (TPSA) is 36.7 Å². The van der Waals surface area contributed by atoms with Crippen molar-refractivity contribution < 1.29 is 0 Å². The first kappa shape index (κ1) is 10.4. The molecule has 1 heterocycles. The maximum Gasteiger partial charge on any atom is 0.150 e. The van der Waals surface area contributed by atoms with Crippen molar-refractivity contribution in [1.29, 1.82) is 5.26 Å². The number of thiazole rings is 1. The monoisotopic (exact) mass is 210 g/mol. The summed E-state index contributed by atoms with van der Waals surface area (Å²) in [6.07, 6.45) is 0.934. The van der Waals surface area contributed by atoms with Crippen molar-refractivity contribution in [2.24, 2.45) is 0 Å². The van der Waals surface area contributed by atoms with Gasteiger partial charge in [0, 0.05) is 4.50 Å². The number of nitriles is 1. The van der Waals surface area contributed by atoms with Crippen LogP contribution in [0.5, 0.6) is 0 Å². The van der Waals surface area contributed by atoms with E-state index in [2.05, 4.69) is 37.6 Å². The molecule has 1 rings (SSSR count). The van der Waals surface area contributed by atoms with Gasteiger partial charge in [0.15, 0.2) is 5.69 Å². The Morgan fingerprint density at radius 3 is 2.38 bits per heavy atom. The summed E-state index contributed by atoms with van der Waals surface area (Å²) in [7, 11) is -1.36. The van der Waals surface area contributed by atoms with Crippen molar-refractivity contribution in [3.8, 4) is 6.07 Å². The molecule has 13 heavy (non-hydrogen) atoms. The lowest BCUT2D eigenvalue weighted by molar-refractivity contribution is 1.08. The summed E-state index contributed by atoms with van der Waals surface area (Å²) in [5, 5.41) is 10.00. The second-order valence-corrected chi connectivity index (χ2v) is 10.4. The maximum atomic E-state index is 8.91. The molecule has 0 aliphatic rings. The SMILES string of the molecule is CCc1nc(C#N)c([Si](C)(C)C)s1. The molecule has 1 aromatic heterocycles. The number of aryl methyl sites for hydroxylation is 1. The van der Waals surface area contributed by atoms with Crippen molar-refractivity contribution in [2.45, 2.75) is 33.0 Å². The van der Waals surface area contributed by atoms with E-state index in [-0.39, 0.29) is 0 Å². The smallest absolute Gasteiger partial charge is 0.150 e. The van der Waals surface area contributed by atoms with Crippen LogP contribution in [-0.2, 0) is 6.42 Å². The van der Waals surface area contributed by atoms with E-state index >= 15 is 0 Å². The highest BCUT2D eigenvalue weighted by Crippen LogP contribution is 2.14. The summed E-state index contributed by atoms with van der Waals surface area (Å²) in [5.74, 6) is 0. The van der Waals surface area contributed by atoms with Crippen LogP contribution in [0.1, 0.15) is 17.6 Å². The maximum absolute atomic E-state index is 8.91. The van der Waals surface area contributed by atoms with Gasteiger partial charge >= 0.3 is 0 Å². The Bertz CT molecular complexity index is 343.